The van der Waals surface area contributed by atoms with Gasteiger partial charge in [-0.15, -0.1) is 0 Å². The van der Waals surface area contributed by atoms with Crippen molar-refractivity contribution in [3.8, 4) is 0 Å². The van der Waals surface area contributed by atoms with Gasteiger partial charge in [0.25, 0.3) is 0 Å². The molecule has 1 unspecified atom stereocenters. The Hall–Kier alpha value is -1.87. The first-order chi connectivity index (χ1) is 14.4. The van der Waals surface area contributed by atoms with E-state index in [-0.39, 0.29) is 24.4 Å². The monoisotopic (exact) mass is 424 g/mol. The van der Waals surface area contributed by atoms with Crippen molar-refractivity contribution in [2.24, 2.45) is 4.99 Å². The third kappa shape index (κ3) is 7.75. The molecule has 2 N–H and O–H groups in total. The summed E-state index contributed by atoms with van der Waals surface area (Å²) in [5.41, 5.74) is 0. The molecule has 9 nitrogen and oxygen atoms in total. The second-order valence-corrected chi connectivity index (χ2v) is 8.30. The van der Waals surface area contributed by atoms with Crippen molar-refractivity contribution in [3.63, 3.8) is 0 Å². The minimum Gasteiger partial charge on any atom is -0.384 e. The van der Waals surface area contributed by atoms with Crippen LogP contribution in [0.1, 0.15) is 39.0 Å². The van der Waals surface area contributed by atoms with E-state index in [1.807, 2.05) is 4.90 Å². The Morgan fingerprint density at radius 1 is 1.17 bits per heavy atom. The highest BCUT2D eigenvalue weighted by Gasteiger charge is 2.25. The number of likely N-dealkylation sites (tertiary alicyclic amines) is 2. The Morgan fingerprint density at radius 3 is 2.53 bits per heavy atom. The molecule has 172 valence electrons. The maximum Gasteiger partial charge on any atom is 0.243 e. The minimum atomic E-state index is -0.0225. The Labute approximate surface area is 181 Å². The van der Waals surface area contributed by atoms with E-state index in [0.717, 1.165) is 45.6 Å². The zero-order valence-corrected chi connectivity index (χ0v) is 19.2. The van der Waals surface area contributed by atoms with Gasteiger partial charge in [-0.1, -0.05) is 6.92 Å². The summed E-state index contributed by atoms with van der Waals surface area (Å²) in [6.07, 6.45) is 4.59. The summed E-state index contributed by atoms with van der Waals surface area (Å²) >= 11 is 0. The molecule has 0 bridgehead atoms. The van der Waals surface area contributed by atoms with Crippen LogP contribution in [0.5, 0.6) is 0 Å². The average molecular weight is 425 g/mol. The van der Waals surface area contributed by atoms with Crippen LogP contribution in [0.3, 0.4) is 0 Å². The lowest BCUT2D eigenvalue weighted by molar-refractivity contribution is -0.133. The number of piperidine rings is 1. The van der Waals surface area contributed by atoms with E-state index in [1.54, 1.807) is 26.1 Å². The fraction of sp³-hybridized carbons (Fsp3) is 0.857. The van der Waals surface area contributed by atoms with Gasteiger partial charge >= 0.3 is 0 Å². The summed E-state index contributed by atoms with van der Waals surface area (Å²) in [5, 5.41) is 6.96. The zero-order chi connectivity index (χ0) is 21.9. The Morgan fingerprint density at radius 2 is 1.90 bits per heavy atom. The number of hydrogen-bond acceptors (Lipinski definition) is 5. The molecule has 0 aliphatic carbocycles. The first kappa shape index (κ1) is 24.4. The van der Waals surface area contributed by atoms with Gasteiger partial charge in [0.2, 0.25) is 11.8 Å². The van der Waals surface area contributed by atoms with Gasteiger partial charge < -0.3 is 25.2 Å². The lowest BCUT2D eigenvalue weighted by Crippen LogP contribution is -2.51. The number of methoxy groups -OCH3 is 1. The van der Waals surface area contributed by atoms with E-state index in [2.05, 4.69) is 27.4 Å². The van der Waals surface area contributed by atoms with Crippen LogP contribution in [-0.2, 0) is 14.3 Å². The molecule has 0 aromatic carbocycles. The van der Waals surface area contributed by atoms with Crippen molar-refractivity contribution in [1.29, 1.82) is 0 Å². The summed E-state index contributed by atoms with van der Waals surface area (Å²) in [4.78, 5) is 34.7. The highest BCUT2D eigenvalue weighted by molar-refractivity contribution is 5.85. The second kappa shape index (κ2) is 12.7. The van der Waals surface area contributed by atoms with Crippen LogP contribution in [0, 0.1) is 0 Å². The van der Waals surface area contributed by atoms with Crippen LogP contribution in [0.25, 0.3) is 0 Å². The zero-order valence-electron chi connectivity index (χ0n) is 19.2. The quantitative estimate of drug-likeness (QED) is 0.404. The smallest absolute Gasteiger partial charge is 0.243 e. The van der Waals surface area contributed by atoms with E-state index in [9.17, 15) is 9.59 Å². The lowest BCUT2D eigenvalue weighted by atomic mass is 10.0. The Balaban J connectivity index is 1.88. The molecule has 0 aromatic heterocycles. The molecular formula is C21H40N6O3. The molecule has 0 aromatic rings. The van der Waals surface area contributed by atoms with Crippen molar-refractivity contribution < 1.29 is 14.3 Å². The fourth-order valence-corrected chi connectivity index (χ4v) is 4.01. The van der Waals surface area contributed by atoms with Crippen LogP contribution >= 0.6 is 0 Å². The number of likely N-dealkylation sites (N-methyl/N-ethyl adjacent to an activating group) is 2. The highest BCUT2D eigenvalue weighted by Crippen LogP contribution is 2.16. The molecule has 0 saturated carbocycles. The van der Waals surface area contributed by atoms with Crippen molar-refractivity contribution in [3.05, 3.63) is 0 Å². The van der Waals surface area contributed by atoms with Crippen LogP contribution in [0.15, 0.2) is 4.99 Å². The van der Waals surface area contributed by atoms with Crippen LogP contribution in [0.2, 0.25) is 0 Å². The number of ether oxygens (including phenoxy) is 1. The summed E-state index contributed by atoms with van der Waals surface area (Å²) < 4.78 is 5.01. The molecule has 30 heavy (non-hydrogen) atoms. The number of nitrogens with one attached hydrogen (secondary N) is 2. The maximum atomic E-state index is 12.2. The van der Waals surface area contributed by atoms with Crippen molar-refractivity contribution >= 4 is 17.8 Å². The van der Waals surface area contributed by atoms with Gasteiger partial charge in [0, 0.05) is 52.9 Å². The molecule has 0 radical (unpaired) electrons. The molecule has 2 aliphatic heterocycles. The molecule has 1 atom stereocenters. The number of rotatable bonds is 9. The summed E-state index contributed by atoms with van der Waals surface area (Å²) in [6.45, 7) is 7.28. The molecule has 9 heteroatoms. The minimum absolute atomic E-state index is 0.0225. The SMILES string of the molecule is CCN1CCCC1CNC(=NCC(=O)N(C)C)NC1CCN(C(=O)CCOC)CC1. The Kier molecular flexibility index (Phi) is 10.4. The topological polar surface area (TPSA) is 89.5 Å². The normalized spacial score (nSPS) is 21.0. The number of carbonyl (C=O) groups excluding carboxylic acids is 2. The molecular weight excluding hydrogens is 384 g/mol. The average Bonchev–Trinajstić information content (AvgIpc) is 3.21. The second-order valence-electron chi connectivity index (χ2n) is 8.30. The number of hydrogen-bond donors (Lipinski definition) is 2. The molecule has 2 aliphatic rings. The third-order valence-corrected chi connectivity index (χ3v) is 5.99. The Bertz CT molecular complexity index is 575. The molecule has 0 spiro atoms. The van der Waals surface area contributed by atoms with Crippen LogP contribution in [-0.4, -0.2) is 112 Å². The van der Waals surface area contributed by atoms with Gasteiger partial charge in [-0.05, 0) is 38.8 Å². The van der Waals surface area contributed by atoms with E-state index in [4.69, 9.17) is 4.74 Å². The van der Waals surface area contributed by atoms with E-state index < -0.39 is 0 Å². The summed E-state index contributed by atoms with van der Waals surface area (Å²) in [6, 6.07) is 0.745. The van der Waals surface area contributed by atoms with Gasteiger partial charge in [-0.3, -0.25) is 14.5 Å². The van der Waals surface area contributed by atoms with E-state index in [1.165, 1.54) is 12.8 Å². The van der Waals surface area contributed by atoms with Gasteiger partial charge in [0.05, 0.1) is 13.0 Å². The number of aliphatic imine (C=N–C) groups is 1. The number of amides is 2. The predicted octanol–water partition coefficient (Wildman–Crippen LogP) is 0.122. The molecule has 2 saturated heterocycles. The summed E-state index contributed by atoms with van der Waals surface area (Å²) in [7, 11) is 5.10. The third-order valence-electron chi connectivity index (χ3n) is 5.99. The van der Waals surface area contributed by atoms with Gasteiger partial charge in [0.15, 0.2) is 5.96 Å². The first-order valence-electron chi connectivity index (χ1n) is 11.2. The fourth-order valence-electron chi connectivity index (χ4n) is 4.01. The molecule has 2 heterocycles. The standard InChI is InChI=1S/C21H40N6O3/c1-5-26-11-6-7-18(26)15-22-21(23-16-20(29)25(2)3)24-17-8-12-27(13-9-17)19(28)10-14-30-4/h17-18H,5-16H2,1-4H3,(H2,22,23,24). The first-order valence-corrected chi connectivity index (χ1v) is 11.2. The van der Waals surface area contributed by atoms with E-state index >= 15 is 0 Å². The van der Waals surface area contributed by atoms with Gasteiger partial charge in [0.1, 0.15) is 6.54 Å². The largest absolute Gasteiger partial charge is 0.384 e. The van der Waals surface area contributed by atoms with Gasteiger partial charge in [-0.2, -0.15) is 0 Å². The highest BCUT2D eigenvalue weighted by atomic mass is 16.5. The van der Waals surface area contributed by atoms with Crippen molar-refractivity contribution in [1.82, 2.24) is 25.3 Å². The molecule has 2 rings (SSSR count). The lowest BCUT2D eigenvalue weighted by Gasteiger charge is -2.33. The maximum absolute atomic E-state index is 12.2. The van der Waals surface area contributed by atoms with Gasteiger partial charge in [-0.25, -0.2) is 4.99 Å². The predicted molar refractivity (Wildman–Crippen MR) is 118 cm³/mol. The molecule has 2 amide bonds. The van der Waals surface area contributed by atoms with E-state index in [0.29, 0.717) is 25.0 Å². The summed E-state index contributed by atoms with van der Waals surface area (Å²) in [5.74, 6) is 0.822. The van der Waals surface area contributed by atoms with Crippen molar-refractivity contribution in [2.75, 3.05) is 67.1 Å². The number of carbonyl (C=O) groups is 2. The van der Waals surface area contributed by atoms with Crippen LogP contribution in [0.4, 0.5) is 0 Å². The number of guanidine groups is 1. The van der Waals surface area contributed by atoms with Crippen molar-refractivity contribution in [2.45, 2.75) is 51.1 Å². The molecule has 2 fully saturated rings. The van der Waals surface area contributed by atoms with Crippen LogP contribution < -0.4 is 10.6 Å². The number of nitrogens with zero attached hydrogens (tertiary/aromatic N) is 4.